The highest BCUT2D eigenvalue weighted by Crippen LogP contribution is 2.42. The number of sulfonamides is 1. The van der Waals surface area contributed by atoms with Crippen molar-refractivity contribution in [2.45, 2.75) is 42.9 Å². The molecule has 0 unspecified atom stereocenters. The lowest BCUT2D eigenvalue weighted by Gasteiger charge is -2.36. The van der Waals surface area contributed by atoms with Gasteiger partial charge in [-0.05, 0) is 61.6 Å². The van der Waals surface area contributed by atoms with E-state index < -0.39 is 21.3 Å². The third-order valence-corrected chi connectivity index (χ3v) is 7.71. The molecule has 6 heteroatoms. The Labute approximate surface area is 172 Å². The van der Waals surface area contributed by atoms with Gasteiger partial charge in [0.1, 0.15) is 5.75 Å². The van der Waals surface area contributed by atoms with Crippen LogP contribution in [0.2, 0.25) is 0 Å². The van der Waals surface area contributed by atoms with Crippen LogP contribution in [0, 0.1) is 6.92 Å². The van der Waals surface area contributed by atoms with Crippen LogP contribution >= 0.6 is 0 Å². The first-order valence-corrected chi connectivity index (χ1v) is 11.3. The number of carbonyl (C=O) groups excluding carboxylic acids is 1. The van der Waals surface area contributed by atoms with Gasteiger partial charge in [0.05, 0.1) is 25.0 Å². The van der Waals surface area contributed by atoms with E-state index >= 15 is 0 Å². The Morgan fingerprint density at radius 3 is 2.52 bits per heavy atom. The molecule has 1 atom stereocenters. The molecular weight excluding hydrogens is 386 g/mol. The third-order valence-electron chi connectivity index (χ3n) is 5.93. The lowest BCUT2D eigenvalue weighted by Crippen LogP contribution is -2.45. The molecule has 0 fully saturated rings. The van der Waals surface area contributed by atoms with Crippen molar-refractivity contribution >= 4 is 15.9 Å². The Balaban J connectivity index is 1.84. The van der Waals surface area contributed by atoms with E-state index in [1.54, 1.807) is 31.4 Å². The quantitative estimate of drug-likeness (QED) is 0.722. The van der Waals surface area contributed by atoms with Crippen LogP contribution < -0.4 is 4.74 Å². The van der Waals surface area contributed by atoms with Gasteiger partial charge in [-0.25, -0.2) is 12.7 Å². The van der Waals surface area contributed by atoms with Gasteiger partial charge in [-0.1, -0.05) is 35.9 Å². The Bertz CT molecular complexity index is 1070. The largest absolute Gasteiger partial charge is 0.497 e. The highest BCUT2D eigenvalue weighted by atomic mass is 32.2. The Kier molecular flexibility index (Phi) is 4.99. The predicted octanol–water partition coefficient (Wildman–Crippen LogP) is 3.76. The molecule has 1 spiro atoms. The number of allylic oxidation sites excluding steroid dienone is 1. The summed E-state index contributed by atoms with van der Waals surface area (Å²) < 4.78 is 33.3. The van der Waals surface area contributed by atoms with E-state index in [1.807, 2.05) is 25.1 Å². The van der Waals surface area contributed by atoms with Gasteiger partial charge < -0.3 is 4.74 Å². The first kappa shape index (κ1) is 19.7. The zero-order valence-electron chi connectivity index (χ0n) is 16.7. The molecule has 152 valence electrons. The van der Waals surface area contributed by atoms with Gasteiger partial charge in [-0.15, -0.1) is 0 Å². The number of benzene rings is 2. The summed E-state index contributed by atoms with van der Waals surface area (Å²) in [5.74, 6) is 0.261. The topological polar surface area (TPSA) is 63.7 Å². The van der Waals surface area contributed by atoms with Crippen LogP contribution in [-0.2, 0) is 26.7 Å². The summed E-state index contributed by atoms with van der Waals surface area (Å²) in [4.78, 5) is 13.3. The summed E-state index contributed by atoms with van der Waals surface area (Å²) in [6.45, 7) is 2.03. The van der Waals surface area contributed by atoms with Crippen LogP contribution in [0.5, 0.6) is 5.75 Å². The number of hydrogen-bond acceptors (Lipinski definition) is 4. The van der Waals surface area contributed by atoms with E-state index in [-0.39, 0.29) is 17.9 Å². The molecular formula is C23H25NO4S. The smallest absolute Gasteiger partial charge is 0.266 e. The predicted molar refractivity (Wildman–Crippen MR) is 111 cm³/mol. The van der Waals surface area contributed by atoms with E-state index in [0.29, 0.717) is 5.75 Å². The van der Waals surface area contributed by atoms with Gasteiger partial charge in [0, 0.05) is 5.41 Å². The van der Waals surface area contributed by atoms with Gasteiger partial charge in [0.2, 0.25) is 5.91 Å². The fraction of sp³-hybridized carbons (Fsp3) is 0.348. The van der Waals surface area contributed by atoms with E-state index in [9.17, 15) is 13.2 Å². The van der Waals surface area contributed by atoms with Crippen molar-refractivity contribution in [1.29, 1.82) is 0 Å². The molecule has 0 saturated carbocycles. The highest BCUT2D eigenvalue weighted by Gasteiger charge is 2.43. The lowest BCUT2D eigenvalue weighted by molar-refractivity contribution is -0.125. The molecule has 29 heavy (non-hydrogen) atoms. The average Bonchev–Trinajstić information content (AvgIpc) is 2.83. The molecule has 1 aliphatic heterocycles. The summed E-state index contributed by atoms with van der Waals surface area (Å²) in [7, 11) is -2.35. The van der Waals surface area contributed by atoms with Crippen molar-refractivity contribution in [1.82, 2.24) is 4.31 Å². The number of rotatable bonds is 3. The Hall–Kier alpha value is -2.60. The van der Waals surface area contributed by atoms with Crippen molar-refractivity contribution in [2.24, 2.45) is 0 Å². The number of aryl methyl sites for hydroxylation is 1. The van der Waals surface area contributed by atoms with E-state index in [4.69, 9.17) is 4.74 Å². The number of fused-ring (bicyclic) bond motifs is 2. The SMILES string of the molecule is COc1ccc2c(c1)CC(=O)N(S(=O)(=O)c1ccc(C)cc1)C[C@]21C=CCCC1. The van der Waals surface area contributed by atoms with Crippen LogP contribution in [0.4, 0.5) is 0 Å². The lowest BCUT2D eigenvalue weighted by atomic mass is 9.72. The van der Waals surface area contributed by atoms with Crippen molar-refractivity contribution < 1.29 is 17.9 Å². The van der Waals surface area contributed by atoms with Crippen LogP contribution in [0.3, 0.4) is 0 Å². The highest BCUT2D eigenvalue weighted by molar-refractivity contribution is 7.89. The molecule has 1 amide bonds. The minimum atomic E-state index is -3.94. The monoisotopic (exact) mass is 411 g/mol. The number of carbonyl (C=O) groups is 1. The van der Waals surface area contributed by atoms with E-state index in [2.05, 4.69) is 12.2 Å². The van der Waals surface area contributed by atoms with Crippen molar-refractivity contribution in [2.75, 3.05) is 13.7 Å². The van der Waals surface area contributed by atoms with E-state index in [0.717, 1.165) is 40.3 Å². The minimum absolute atomic E-state index is 0.0349. The van der Waals surface area contributed by atoms with Crippen LogP contribution in [0.15, 0.2) is 59.5 Å². The number of amides is 1. The van der Waals surface area contributed by atoms with Gasteiger partial charge in [-0.3, -0.25) is 4.79 Å². The van der Waals surface area contributed by atoms with Crippen LogP contribution in [0.25, 0.3) is 0 Å². The van der Waals surface area contributed by atoms with Gasteiger partial charge in [-0.2, -0.15) is 0 Å². The summed E-state index contributed by atoms with van der Waals surface area (Å²) in [5, 5.41) is 0. The Morgan fingerprint density at radius 1 is 1.10 bits per heavy atom. The van der Waals surface area contributed by atoms with Crippen molar-refractivity contribution in [3.63, 3.8) is 0 Å². The summed E-state index contributed by atoms with van der Waals surface area (Å²) in [6, 6.07) is 12.4. The average molecular weight is 412 g/mol. The first-order valence-electron chi connectivity index (χ1n) is 9.83. The summed E-state index contributed by atoms with van der Waals surface area (Å²) in [5.41, 5.74) is 2.31. The van der Waals surface area contributed by atoms with Crippen LogP contribution in [-0.4, -0.2) is 32.3 Å². The number of nitrogens with zero attached hydrogens (tertiary/aromatic N) is 1. The molecule has 0 aromatic heterocycles. The molecule has 0 bridgehead atoms. The number of ether oxygens (including phenoxy) is 1. The number of hydrogen-bond donors (Lipinski definition) is 0. The fourth-order valence-electron chi connectivity index (χ4n) is 4.35. The second kappa shape index (κ2) is 7.34. The summed E-state index contributed by atoms with van der Waals surface area (Å²) >= 11 is 0. The summed E-state index contributed by atoms with van der Waals surface area (Å²) in [6.07, 6.45) is 6.95. The minimum Gasteiger partial charge on any atom is -0.497 e. The molecule has 4 rings (SSSR count). The molecule has 0 saturated heterocycles. The molecule has 1 aliphatic carbocycles. The van der Waals surface area contributed by atoms with Gasteiger partial charge in [0.15, 0.2) is 0 Å². The van der Waals surface area contributed by atoms with Gasteiger partial charge >= 0.3 is 0 Å². The molecule has 2 aliphatic rings. The maximum absolute atomic E-state index is 13.4. The molecule has 2 aromatic rings. The molecule has 5 nitrogen and oxygen atoms in total. The molecule has 1 heterocycles. The first-order chi connectivity index (χ1) is 13.9. The molecule has 2 aromatic carbocycles. The number of methoxy groups -OCH3 is 1. The van der Waals surface area contributed by atoms with E-state index in [1.165, 1.54) is 0 Å². The standard InChI is InChI=1S/C23H25NO4S/c1-17-6-9-20(10-7-17)29(26,27)24-16-23(12-4-3-5-13-23)21-11-8-19(28-2)14-18(21)15-22(24)25/h4,6-12,14H,3,5,13,15-16H2,1-2H3/t23-/m1/s1. The Morgan fingerprint density at radius 2 is 1.86 bits per heavy atom. The maximum Gasteiger partial charge on any atom is 0.266 e. The van der Waals surface area contributed by atoms with Crippen molar-refractivity contribution in [3.05, 3.63) is 71.3 Å². The van der Waals surface area contributed by atoms with Crippen molar-refractivity contribution in [3.8, 4) is 5.75 Å². The van der Waals surface area contributed by atoms with Crippen LogP contribution in [0.1, 0.15) is 36.0 Å². The molecule has 0 N–H and O–H groups in total. The fourth-order valence-corrected chi connectivity index (χ4v) is 5.82. The normalized spacial score (nSPS) is 21.7. The van der Waals surface area contributed by atoms with Gasteiger partial charge in [0.25, 0.3) is 10.0 Å². The zero-order valence-corrected chi connectivity index (χ0v) is 17.5. The second-order valence-corrected chi connectivity index (χ2v) is 9.73. The zero-order chi connectivity index (χ0) is 20.6. The molecule has 0 radical (unpaired) electrons. The second-order valence-electron chi connectivity index (χ2n) is 7.87. The maximum atomic E-state index is 13.4. The third kappa shape index (κ3) is 3.46.